The molecule has 6 heteroatoms. The molecule has 0 N–H and O–H groups in total. The van der Waals surface area contributed by atoms with Crippen molar-refractivity contribution >= 4 is 12.4 Å². The molecule has 0 aliphatic rings. The summed E-state index contributed by atoms with van der Waals surface area (Å²) in [4.78, 5) is 0. The molecule has 0 spiro atoms. The summed E-state index contributed by atoms with van der Waals surface area (Å²) >= 11 is 0. The standard InChI is InChI=1S/C8H7BF5/c1-2-5-3-6(10)4-7(11)8(5)9(12,13)14/h3-4H,2H2,1H3/q-1. The van der Waals surface area contributed by atoms with Gasteiger partial charge in [0.15, 0.2) is 0 Å². The van der Waals surface area contributed by atoms with Crippen molar-refractivity contribution in [1.29, 1.82) is 0 Å². The van der Waals surface area contributed by atoms with Crippen molar-refractivity contribution in [2.75, 3.05) is 0 Å². The molecule has 0 aromatic heterocycles. The Bertz CT molecular complexity index is 344. The number of rotatable bonds is 2. The molecular weight excluding hydrogens is 202 g/mol. The number of hydrogen-bond acceptors (Lipinski definition) is 0. The lowest BCUT2D eigenvalue weighted by Gasteiger charge is -2.19. The van der Waals surface area contributed by atoms with Crippen LogP contribution in [0.4, 0.5) is 21.7 Å². The van der Waals surface area contributed by atoms with Gasteiger partial charge in [0.25, 0.3) is 0 Å². The van der Waals surface area contributed by atoms with E-state index in [1.807, 2.05) is 0 Å². The fourth-order valence-corrected chi connectivity index (χ4v) is 1.30. The molecule has 0 nitrogen and oxygen atoms in total. The van der Waals surface area contributed by atoms with Gasteiger partial charge in [-0.25, -0.2) is 8.78 Å². The van der Waals surface area contributed by atoms with Crippen molar-refractivity contribution in [2.24, 2.45) is 0 Å². The number of benzene rings is 1. The number of aryl methyl sites for hydroxylation is 1. The van der Waals surface area contributed by atoms with Gasteiger partial charge in [-0.2, -0.15) is 0 Å². The molecule has 0 unspecified atom stereocenters. The van der Waals surface area contributed by atoms with Crippen LogP contribution in [0.1, 0.15) is 12.5 Å². The minimum atomic E-state index is -5.42. The predicted octanol–water partition coefficient (Wildman–Crippen LogP) is 2.58. The summed E-state index contributed by atoms with van der Waals surface area (Å²) in [7, 11) is 0. The van der Waals surface area contributed by atoms with E-state index in [-0.39, 0.29) is 18.1 Å². The van der Waals surface area contributed by atoms with Gasteiger partial charge in [-0.15, -0.1) is 0 Å². The first-order chi connectivity index (χ1) is 6.36. The Hall–Kier alpha value is -1.07. The van der Waals surface area contributed by atoms with Crippen molar-refractivity contribution in [2.45, 2.75) is 13.3 Å². The van der Waals surface area contributed by atoms with Gasteiger partial charge in [0.1, 0.15) is 5.82 Å². The monoisotopic (exact) mass is 209 g/mol. The Kier molecular flexibility index (Phi) is 2.82. The van der Waals surface area contributed by atoms with Crippen LogP contribution in [0.5, 0.6) is 0 Å². The summed E-state index contributed by atoms with van der Waals surface area (Å²) < 4.78 is 62.4. The van der Waals surface area contributed by atoms with E-state index < -0.39 is 24.1 Å². The lowest BCUT2D eigenvalue weighted by atomic mass is 9.75. The van der Waals surface area contributed by atoms with Crippen molar-refractivity contribution in [3.63, 3.8) is 0 Å². The van der Waals surface area contributed by atoms with E-state index >= 15 is 0 Å². The highest BCUT2D eigenvalue weighted by Crippen LogP contribution is 2.16. The summed E-state index contributed by atoms with van der Waals surface area (Å²) in [5.41, 5.74) is -1.65. The van der Waals surface area contributed by atoms with E-state index in [2.05, 4.69) is 0 Å². The van der Waals surface area contributed by atoms with Crippen LogP contribution in [0.15, 0.2) is 12.1 Å². The fraction of sp³-hybridized carbons (Fsp3) is 0.250. The van der Waals surface area contributed by atoms with Crippen LogP contribution in [0.25, 0.3) is 0 Å². The van der Waals surface area contributed by atoms with Crippen LogP contribution in [-0.4, -0.2) is 6.98 Å². The van der Waals surface area contributed by atoms with Crippen molar-refractivity contribution in [3.8, 4) is 0 Å². The van der Waals surface area contributed by atoms with Crippen molar-refractivity contribution in [1.82, 2.24) is 0 Å². The van der Waals surface area contributed by atoms with E-state index in [4.69, 9.17) is 0 Å². The largest absolute Gasteiger partial charge is 0.512 e. The molecule has 0 aliphatic carbocycles. The molecule has 0 saturated heterocycles. The Morgan fingerprint density at radius 3 is 2.14 bits per heavy atom. The molecule has 1 aromatic carbocycles. The second kappa shape index (κ2) is 3.59. The molecule has 1 aromatic rings. The average molecular weight is 209 g/mol. The van der Waals surface area contributed by atoms with Crippen LogP contribution < -0.4 is 5.46 Å². The molecule has 0 aliphatic heterocycles. The summed E-state index contributed by atoms with van der Waals surface area (Å²) in [6.45, 7) is -4.00. The number of hydrogen-bond donors (Lipinski definition) is 0. The number of halogens is 5. The van der Waals surface area contributed by atoms with E-state index in [1.165, 1.54) is 6.92 Å². The first-order valence-electron chi connectivity index (χ1n) is 4.04. The maximum Gasteiger partial charge on any atom is 0.512 e. The third-order valence-corrected chi connectivity index (χ3v) is 1.89. The van der Waals surface area contributed by atoms with Gasteiger partial charge in [0.2, 0.25) is 0 Å². The third-order valence-electron chi connectivity index (χ3n) is 1.89. The van der Waals surface area contributed by atoms with Gasteiger partial charge < -0.3 is 12.9 Å². The average Bonchev–Trinajstić information content (AvgIpc) is 1.99. The Balaban J connectivity index is 3.40. The molecule has 0 bridgehead atoms. The van der Waals surface area contributed by atoms with E-state index in [9.17, 15) is 21.7 Å². The molecule has 78 valence electrons. The van der Waals surface area contributed by atoms with E-state index in [0.717, 1.165) is 0 Å². The highest BCUT2D eigenvalue weighted by molar-refractivity contribution is 6.74. The topological polar surface area (TPSA) is 0 Å². The van der Waals surface area contributed by atoms with Crippen LogP contribution >= 0.6 is 0 Å². The van der Waals surface area contributed by atoms with Gasteiger partial charge >= 0.3 is 6.98 Å². The fourth-order valence-electron chi connectivity index (χ4n) is 1.30. The lowest BCUT2D eigenvalue weighted by molar-refractivity contribution is 0.491. The molecule has 0 amide bonds. The molecule has 1 rings (SSSR count). The first kappa shape index (κ1) is 11.0. The highest BCUT2D eigenvalue weighted by Gasteiger charge is 2.31. The second-order valence-corrected chi connectivity index (χ2v) is 2.89. The molecule has 14 heavy (non-hydrogen) atoms. The van der Waals surface area contributed by atoms with Crippen LogP contribution in [0.2, 0.25) is 0 Å². The maximum atomic E-state index is 12.8. The van der Waals surface area contributed by atoms with E-state index in [0.29, 0.717) is 6.07 Å². The smallest absolute Gasteiger partial charge is 0.445 e. The van der Waals surface area contributed by atoms with Gasteiger partial charge in [0.05, 0.1) is 5.82 Å². The Morgan fingerprint density at radius 2 is 1.71 bits per heavy atom. The molecule has 0 radical (unpaired) electrons. The van der Waals surface area contributed by atoms with Gasteiger partial charge in [-0.1, -0.05) is 17.9 Å². The summed E-state index contributed by atoms with van der Waals surface area (Å²) in [6.07, 6.45) is -0.0503. The molecule has 0 heterocycles. The van der Waals surface area contributed by atoms with E-state index in [1.54, 1.807) is 0 Å². The normalized spacial score (nSPS) is 11.9. The van der Waals surface area contributed by atoms with Crippen LogP contribution in [-0.2, 0) is 6.42 Å². The second-order valence-electron chi connectivity index (χ2n) is 2.89. The molecule has 0 atom stereocenters. The highest BCUT2D eigenvalue weighted by atomic mass is 19.4. The van der Waals surface area contributed by atoms with Crippen molar-refractivity contribution < 1.29 is 21.7 Å². The minimum Gasteiger partial charge on any atom is -0.445 e. The molecule has 0 fully saturated rings. The predicted molar refractivity (Wildman–Crippen MR) is 44.4 cm³/mol. The van der Waals surface area contributed by atoms with Gasteiger partial charge in [-0.3, -0.25) is 0 Å². The maximum absolute atomic E-state index is 12.8. The quantitative estimate of drug-likeness (QED) is 0.518. The van der Waals surface area contributed by atoms with Gasteiger partial charge in [0, 0.05) is 6.07 Å². The SMILES string of the molecule is CCc1cc(F)cc(F)c1[B-](F)(F)F. The summed E-state index contributed by atoms with van der Waals surface area (Å²) in [5, 5.41) is 0. The summed E-state index contributed by atoms with van der Waals surface area (Å²) in [6, 6.07) is 0.970. The zero-order chi connectivity index (χ0) is 10.9. The Morgan fingerprint density at radius 1 is 1.14 bits per heavy atom. The lowest BCUT2D eigenvalue weighted by Crippen LogP contribution is -2.39. The van der Waals surface area contributed by atoms with Gasteiger partial charge in [-0.05, 0) is 12.5 Å². The molecule has 0 saturated carbocycles. The molecular formula is C8H7BF5-. The van der Waals surface area contributed by atoms with Crippen LogP contribution in [0, 0.1) is 11.6 Å². The summed E-state index contributed by atoms with van der Waals surface area (Å²) in [5.74, 6) is -2.52. The zero-order valence-electron chi connectivity index (χ0n) is 7.33. The first-order valence-corrected chi connectivity index (χ1v) is 4.04. The zero-order valence-corrected chi connectivity index (χ0v) is 7.33. The third kappa shape index (κ3) is 2.05. The minimum absolute atomic E-state index is 0.0503. The van der Waals surface area contributed by atoms with Crippen LogP contribution in [0.3, 0.4) is 0 Å². The van der Waals surface area contributed by atoms with Crippen molar-refractivity contribution in [3.05, 3.63) is 29.3 Å². The Labute approximate surface area is 77.8 Å².